The van der Waals surface area contributed by atoms with Gasteiger partial charge in [0.2, 0.25) is 0 Å². The van der Waals surface area contributed by atoms with Crippen LogP contribution in [0.2, 0.25) is 0 Å². The van der Waals surface area contributed by atoms with E-state index < -0.39 is 0 Å². The Bertz CT molecular complexity index is 366. The first-order valence-corrected chi connectivity index (χ1v) is 6.59. The molecule has 1 unspecified atom stereocenters. The molecule has 1 aromatic rings. The van der Waals surface area contributed by atoms with E-state index in [1.807, 2.05) is 12.1 Å². The molecule has 3 nitrogen and oxygen atoms in total. The fourth-order valence-corrected chi connectivity index (χ4v) is 2.56. The van der Waals surface area contributed by atoms with Crippen LogP contribution in [0.1, 0.15) is 18.0 Å². The van der Waals surface area contributed by atoms with Gasteiger partial charge < -0.3 is 10.6 Å². The Kier molecular flexibility index (Phi) is 4.69. The van der Waals surface area contributed by atoms with E-state index >= 15 is 0 Å². The third-order valence-corrected chi connectivity index (χ3v) is 3.67. The van der Waals surface area contributed by atoms with Crippen molar-refractivity contribution in [1.29, 1.82) is 0 Å². The van der Waals surface area contributed by atoms with Crippen molar-refractivity contribution in [2.45, 2.75) is 12.5 Å². The van der Waals surface area contributed by atoms with Gasteiger partial charge in [-0.15, -0.1) is 0 Å². The lowest BCUT2D eigenvalue weighted by molar-refractivity contribution is 0.208. The molecule has 1 aliphatic rings. The van der Waals surface area contributed by atoms with E-state index in [-0.39, 0.29) is 11.9 Å². The molecule has 1 heterocycles. The van der Waals surface area contributed by atoms with Crippen molar-refractivity contribution in [3.8, 4) is 0 Å². The quantitative estimate of drug-likeness (QED) is 0.883. The molecule has 100 valence electrons. The lowest BCUT2D eigenvalue weighted by Crippen LogP contribution is -2.36. The first-order valence-electron chi connectivity index (χ1n) is 6.59. The maximum absolute atomic E-state index is 13.0. The van der Waals surface area contributed by atoms with Crippen LogP contribution < -0.4 is 5.73 Å². The molecule has 1 atom stereocenters. The van der Waals surface area contributed by atoms with Gasteiger partial charge in [-0.25, -0.2) is 4.39 Å². The summed E-state index contributed by atoms with van der Waals surface area (Å²) in [5.41, 5.74) is 7.02. The second-order valence-electron chi connectivity index (χ2n) is 5.00. The van der Waals surface area contributed by atoms with Crippen molar-refractivity contribution in [1.82, 2.24) is 9.80 Å². The summed E-state index contributed by atoms with van der Waals surface area (Å²) in [6.45, 7) is 4.86. The highest BCUT2D eigenvalue weighted by molar-refractivity contribution is 5.20. The number of hydrogen-bond acceptors (Lipinski definition) is 3. The van der Waals surface area contributed by atoms with E-state index in [9.17, 15) is 4.39 Å². The first kappa shape index (κ1) is 13.5. The molecular formula is C14H22FN3. The molecular weight excluding hydrogens is 229 g/mol. The largest absolute Gasteiger partial charge is 0.329 e. The van der Waals surface area contributed by atoms with Gasteiger partial charge in [-0.3, -0.25) is 4.90 Å². The lowest BCUT2D eigenvalue weighted by atomic mass is 10.1. The fourth-order valence-electron chi connectivity index (χ4n) is 2.56. The Morgan fingerprint density at radius 1 is 1.17 bits per heavy atom. The second-order valence-corrected chi connectivity index (χ2v) is 5.00. The van der Waals surface area contributed by atoms with Crippen molar-refractivity contribution in [2.75, 3.05) is 39.8 Å². The summed E-state index contributed by atoms with van der Waals surface area (Å²) >= 11 is 0. The average Bonchev–Trinajstić information content (AvgIpc) is 2.58. The molecule has 1 aromatic carbocycles. The first-order chi connectivity index (χ1) is 8.70. The van der Waals surface area contributed by atoms with Gasteiger partial charge in [0.15, 0.2) is 0 Å². The Balaban J connectivity index is 2.09. The summed E-state index contributed by atoms with van der Waals surface area (Å²) in [5.74, 6) is -0.190. The fraction of sp³-hybridized carbons (Fsp3) is 0.571. The van der Waals surface area contributed by atoms with Crippen LogP contribution in [-0.2, 0) is 0 Å². The van der Waals surface area contributed by atoms with Gasteiger partial charge in [0, 0.05) is 32.2 Å². The molecule has 0 saturated carbocycles. The zero-order valence-corrected chi connectivity index (χ0v) is 11.0. The molecule has 2 rings (SSSR count). The van der Waals surface area contributed by atoms with E-state index in [2.05, 4.69) is 16.8 Å². The predicted octanol–water partition coefficient (Wildman–Crippen LogP) is 1.46. The molecule has 0 spiro atoms. The molecule has 2 N–H and O–H groups in total. The van der Waals surface area contributed by atoms with Crippen LogP contribution in [0.3, 0.4) is 0 Å². The van der Waals surface area contributed by atoms with E-state index in [0.717, 1.165) is 38.2 Å². The SMILES string of the molecule is CN1CCCN(C(CN)c2ccc(F)cc2)CC1. The number of halogens is 1. The third-order valence-electron chi connectivity index (χ3n) is 3.67. The molecule has 18 heavy (non-hydrogen) atoms. The van der Waals surface area contributed by atoms with Crippen LogP contribution in [0.5, 0.6) is 0 Å². The second kappa shape index (κ2) is 6.27. The van der Waals surface area contributed by atoms with Crippen LogP contribution in [0.4, 0.5) is 4.39 Å². The van der Waals surface area contributed by atoms with Crippen LogP contribution >= 0.6 is 0 Å². The molecule has 1 saturated heterocycles. The summed E-state index contributed by atoms with van der Waals surface area (Å²) in [6, 6.07) is 6.93. The van der Waals surface area contributed by atoms with E-state index in [4.69, 9.17) is 5.73 Å². The van der Waals surface area contributed by atoms with Crippen LogP contribution in [0, 0.1) is 5.82 Å². The van der Waals surface area contributed by atoms with E-state index in [1.165, 1.54) is 12.1 Å². The van der Waals surface area contributed by atoms with Gasteiger partial charge in [0.1, 0.15) is 5.82 Å². The summed E-state index contributed by atoms with van der Waals surface area (Å²) in [6.07, 6.45) is 1.16. The molecule has 4 heteroatoms. The van der Waals surface area contributed by atoms with Crippen molar-refractivity contribution in [3.05, 3.63) is 35.6 Å². The van der Waals surface area contributed by atoms with Crippen molar-refractivity contribution < 1.29 is 4.39 Å². The normalized spacial score (nSPS) is 20.6. The molecule has 0 aromatic heterocycles. The highest BCUT2D eigenvalue weighted by Gasteiger charge is 2.21. The Hall–Kier alpha value is -0.970. The highest BCUT2D eigenvalue weighted by atomic mass is 19.1. The molecule has 1 fully saturated rings. The number of likely N-dealkylation sites (N-methyl/N-ethyl adjacent to an activating group) is 1. The van der Waals surface area contributed by atoms with Crippen molar-refractivity contribution >= 4 is 0 Å². The van der Waals surface area contributed by atoms with Gasteiger partial charge in [-0.1, -0.05) is 12.1 Å². The maximum atomic E-state index is 13.0. The highest BCUT2D eigenvalue weighted by Crippen LogP contribution is 2.21. The van der Waals surface area contributed by atoms with Gasteiger partial charge in [0.25, 0.3) is 0 Å². The molecule has 1 aliphatic heterocycles. The monoisotopic (exact) mass is 251 g/mol. The Morgan fingerprint density at radius 2 is 1.89 bits per heavy atom. The number of benzene rings is 1. The van der Waals surface area contributed by atoms with Gasteiger partial charge in [-0.05, 0) is 37.7 Å². The minimum Gasteiger partial charge on any atom is -0.329 e. The van der Waals surface area contributed by atoms with Crippen molar-refractivity contribution in [2.24, 2.45) is 5.73 Å². The molecule has 0 bridgehead atoms. The zero-order valence-electron chi connectivity index (χ0n) is 11.0. The topological polar surface area (TPSA) is 32.5 Å². The van der Waals surface area contributed by atoms with E-state index in [1.54, 1.807) is 0 Å². The summed E-state index contributed by atoms with van der Waals surface area (Å²) in [4.78, 5) is 4.76. The van der Waals surface area contributed by atoms with Gasteiger partial charge >= 0.3 is 0 Å². The van der Waals surface area contributed by atoms with Gasteiger partial charge in [-0.2, -0.15) is 0 Å². The van der Waals surface area contributed by atoms with E-state index in [0.29, 0.717) is 6.54 Å². The van der Waals surface area contributed by atoms with Crippen LogP contribution in [0.15, 0.2) is 24.3 Å². The molecule has 0 radical (unpaired) electrons. The zero-order chi connectivity index (χ0) is 13.0. The minimum atomic E-state index is -0.190. The standard InChI is InChI=1S/C14H22FN3/c1-17-7-2-8-18(10-9-17)14(11-16)12-3-5-13(15)6-4-12/h3-6,14H,2,7-11,16H2,1H3. The number of hydrogen-bond donors (Lipinski definition) is 1. The summed E-state index contributed by atoms with van der Waals surface area (Å²) in [7, 11) is 2.15. The van der Waals surface area contributed by atoms with Crippen molar-refractivity contribution in [3.63, 3.8) is 0 Å². The van der Waals surface area contributed by atoms with Crippen LogP contribution in [0.25, 0.3) is 0 Å². The molecule has 0 amide bonds. The minimum absolute atomic E-state index is 0.190. The third kappa shape index (κ3) is 3.28. The molecule has 0 aliphatic carbocycles. The lowest BCUT2D eigenvalue weighted by Gasteiger charge is -2.30. The van der Waals surface area contributed by atoms with Gasteiger partial charge in [0.05, 0.1) is 0 Å². The Labute approximate surface area is 108 Å². The number of rotatable bonds is 3. The summed E-state index contributed by atoms with van der Waals surface area (Å²) in [5, 5.41) is 0. The Morgan fingerprint density at radius 3 is 2.56 bits per heavy atom. The number of nitrogens with two attached hydrogens (primary N) is 1. The number of nitrogens with zero attached hydrogens (tertiary/aromatic N) is 2. The summed E-state index contributed by atoms with van der Waals surface area (Å²) < 4.78 is 13.0. The predicted molar refractivity (Wildman–Crippen MR) is 71.9 cm³/mol. The maximum Gasteiger partial charge on any atom is 0.123 e. The van der Waals surface area contributed by atoms with Crippen LogP contribution in [-0.4, -0.2) is 49.6 Å². The average molecular weight is 251 g/mol. The smallest absolute Gasteiger partial charge is 0.123 e.